The van der Waals surface area contributed by atoms with Gasteiger partial charge in [-0.25, -0.2) is 4.39 Å². The fraction of sp³-hybridized carbons (Fsp3) is 0.259. The van der Waals surface area contributed by atoms with Gasteiger partial charge in [0.2, 0.25) is 5.91 Å². The smallest absolute Gasteiger partial charge is 0.251 e. The fourth-order valence-corrected chi connectivity index (χ4v) is 4.17. The van der Waals surface area contributed by atoms with E-state index in [1.54, 1.807) is 18.2 Å². The van der Waals surface area contributed by atoms with Crippen molar-refractivity contribution in [2.24, 2.45) is 11.5 Å². The third-order valence-corrected chi connectivity index (χ3v) is 5.92. The first-order valence-corrected chi connectivity index (χ1v) is 11.3. The molecule has 3 rings (SSSR count). The number of hydrogen-bond acceptors (Lipinski definition) is 4. The van der Waals surface area contributed by atoms with Gasteiger partial charge in [-0.05, 0) is 61.1 Å². The summed E-state index contributed by atoms with van der Waals surface area (Å²) in [4.78, 5) is 24.5. The Morgan fingerprint density at radius 1 is 1.24 bits per heavy atom. The first kappa shape index (κ1) is 24.9. The van der Waals surface area contributed by atoms with Gasteiger partial charge in [-0.3, -0.25) is 9.59 Å². The third kappa shape index (κ3) is 5.99. The van der Waals surface area contributed by atoms with Gasteiger partial charge >= 0.3 is 0 Å². The molecule has 0 heterocycles. The molecule has 34 heavy (non-hydrogen) atoms. The van der Waals surface area contributed by atoms with Crippen LogP contribution in [0.5, 0.6) is 0 Å². The van der Waals surface area contributed by atoms with Crippen molar-refractivity contribution in [1.29, 1.82) is 0 Å². The molecule has 0 bridgehead atoms. The number of anilines is 1. The molecule has 1 aromatic carbocycles. The first-order valence-electron chi connectivity index (χ1n) is 11.3. The van der Waals surface area contributed by atoms with Gasteiger partial charge < -0.3 is 22.1 Å². The van der Waals surface area contributed by atoms with E-state index in [0.29, 0.717) is 36.2 Å². The summed E-state index contributed by atoms with van der Waals surface area (Å²) in [5.74, 6) is -0.936. The van der Waals surface area contributed by atoms with Crippen LogP contribution in [0.3, 0.4) is 0 Å². The summed E-state index contributed by atoms with van der Waals surface area (Å²) in [6.07, 6.45) is 10.2. The second kappa shape index (κ2) is 11.4. The van der Waals surface area contributed by atoms with Gasteiger partial charge in [-0.15, -0.1) is 0 Å². The van der Waals surface area contributed by atoms with E-state index in [1.165, 1.54) is 12.2 Å². The van der Waals surface area contributed by atoms with Gasteiger partial charge in [0.05, 0.1) is 6.04 Å². The van der Waals surface area contributed by atoms with Crippen molar-refractivity contribution in [3.05, 3.63) is 101 Å². The standard InChI is InChI=1S/C27H31FN4O2/c1-3-6-23-22(9-5-10-24(23)26(30)33)17(2)31-25(16-29)19-7-4-8-21(15-19)32-27(34)18-11-13-20(28)14-12-18/h3-4,6-8,10-11,13,15,25,31H,1,5,9,12,14,16,29H2,2H3,(H2,30,33)(H,32,34)/b22-17+,23-6+. The fourth-order valence-electron chi connectivity index (χ4n) is 4.17. The van der Waals surface area contributed by atoms with Crippen LogP contribution in [0, 0.1) is 0 Å². The number of benzene rings is 1. The Balaban J connectivity index is 1.81. The molecule has 6 N–H and O–H groups in total. The maximum Gasteiger partial charge on any atom is 0.251 e. The van der Waals surface area contributed by atoms with Gasteiger partial charge in [-0.2, -0.15) is 0 Å². The number of carbonyl (C=O) groups is 2. The molecule has 2 aliphatic rings. The van der Waals surface area contributed by atoms with Crippen molar-refractivity contribution < 1.29 is 14.0 Å². The average molecular weight is 463 g/mol. The minimum absolute atomic E-state index is 0.219. The largest absolute Gasteiger partial charge is 0.380 e. The average Bonchev–Trinajstić information content (AvgIpc) is 2.83. The van der Waals surface area contributed by atoms with E-state index in [0.717, 1.165) is 28.8 Å². The zero-order valence-corrected chi connectivity index (χ0v) is 19.4. The molecule has 1 unspecified atom stereocenters. The summed E-state index contributed by atoms with van der Waals surface area (Å²) < 4.78 is 13.2. The highest BCUT2D eigenvalue weighted by Crippen LogP contribution is 2.32. The summed E-state index contributed by atoms with van der Waals surface area (Å²) in [5.41, 5.74) is 16.9. The molecule has 0 saturated heterocycles. The van der Waals surface area contributed by atoms with E-state index < -0.39 is 5.91 Å². The maximum absolute atomic E-state index is 13.2. The number of carbonyl (C=O) groups excluding carboxylic acids is 2. The highest BCUT2D eigenvalue weighted by atomic mass is 19.1. The molecule has 2 aliphatic carbocycles. The molecule has 0 saturated carbocycles. The minimum atomic E-state index is -0.469. The minimum Gasteiger partial charge on any atom is -0.380 e. The number of primary amides is 1. The first-order chi connectivity index (χ1) is 16.3. The summed E-state index contributed by atoms with van der Waals surface area (Å²) in [6.45, 7) is 6.03. The maximum atomic E-state index is 13.2. The van der Waals surface area contributed by atoms with Crippen molar-refractivity contribution in [1.82, 2.24) is 5.32 Å². The number of amides is 2. The normalized spacial score (nSPS) is 19.4. The molecule has 7 heteroatoms. The lowest BCUT2D eigenvalue weighted by Crippen LogP contribution is -2.29. The van der Waals surface area contributed by atoms with Crippen LogP contribution in [0.15, 0.2) is 95.0 Å². The zero-order chi connectivity index (χ0) is 24.7. The number of hydrogen-bond donors (Lipinski definition) is 4. The van der Waals surface area contributed by atoms with E-state index in [1.807, 2.05) is 31.2 Å². The van der Waals surface area contributed by atoms with Gasteiger partial charge in [0.15, 0.2) is 0 Å². The number of nitrogens with one attached hydrogen (secondary N) is 2. The molecule has 1 atom stereocenters. The summed E-state index contributed by atoms with van der Waals surface area (Å²) >= 11 is 0. The number of nitrogens with two attached hydrogens (primary N) is 2. The molecule has 1 aromatic rings. The van der Waals surface area contributed by atoms with E-state index in [2.05, 4.69) is 17.2 Å². The zero-order valence-electron chi connectivity index (χ0n) is 19.4. The van der Waals surface area contributed by atoms with Crippen molar-refractivity contribution in [3.8, 4) is 0 Å². The van der Waals surface area contributed by atoms with E-state index in [-0.39, 0.29) is 24.2 Å². The van der Waals surface area contributed by atoms with Crippen molar-refractivity contribution in [2.45, 2.75) is 38.6 Å². The van der Waals surface area contributed by atoms with Crippen LogP contribution in [0.1, 0.15) is 44.2 Å². The third-order valence-electron chi connectivity index (χ3n) is 5.92. The quantitative estimate of drug-likeness (QED) is 0.459. The summed E-state index contributed by atoms with van der Waals surface area (Å²) in [6, 6.07) is 7.24. The van der Waals surface area contributed by atoms with Crippen LogP contribution in [0.25, 0.3) is 0 Å². The summed E-state index contributed by atoms with van der Waals surface area (Å²) in [7, 11) is 0. The van der Waals surface area contributed by atoms with Crippen LogP contribution < -0.4 is 22.1 Å². The summed E-state index contributed by atoms with van der Waals surface area (Å²) in [5, 5.41) is 6.36. The highest BCUT2D eigenvalue weighted by Gasteiger charge is 2.22. The Kier molecular flexibility index (Phi) is 8.38. The van der Waals surface area contributed by atoms with Crippen molar-refractivity contribution in [2.75, 3.05) is 11.9 Å². The van der Waals surface area contributed by atoms with E-state index >= 15 is 0 Å². The number of rotatable bonds is 8. The van der Waals surface area contributed by atoms with Crippen LogP contribution in [0.4, 0.5) is 10.1 Å². The lowest BCUT2D eigenvalue weighted by molar-refractivity contribution is -0.114. The van der Waals surface area contributed by atoms with E-state index in [4.69, 9.17) is 11.5 Å². The lowest BCUT2D eigenvalue weighted by Gasteiger charge is -2.25. The molecule has 0 fully saturated rings. The number of allylic oxidation sites excluding steroid dienone is 8. The topological polar surface area (TPSA) is 110 Å². The SMILES string of the molecule is C=C/C=C1/C(C(N)=O)=CCC/C1=C(/C)NC(CN)c1cccc(NC(=O)C2=CC=C(F)CC2)c1. The van der Waals surface area contributed by atoms with Gasteiger partial charge in [0.1, 0.15) is 5.83 Å². The molecule has 6 nitrogen and oxygen atoms in total. The predicted octanol–water partition coefficient (Wildman–Crippen LogP) is 4.38. The van der Waals surface area contributed by atoms with Gasteiger partial charge in [-0.1, -0.05) is 43.0 Å². The van der Waals surface area contributed by atoms with Gasteiger partial charge in [0.25, 0.3) is 5.91 Å². The molecule has 0 spiro atoms. The molecule has 0 radical (unpaired) electrons. The highest BCUT2D eigenvalue weighted by molar-refractivity contribution is 6.04. The van der Waals surface area contributed by atoms with Crippen LogP contribution in [0.2, 0.25) is 0 Å². The second-order valence-corrected chi connectivity index (χ2v) is 8.26. The van der Waals surface area contributed by atoms with Crippen LogP contribution in [-0.2, 0) is 9.59 Å². The molecule has 0 aromatic heterocycles. The Bertz CT molecular complexity index is 1140. The van der Waals surface area contributed by atoms with E-state index in [9.17, 15) is 14.0 Å². The lowest BCUT2D eigenvalue weighted by atomic mass is 9.86. The van der Waals surface area contributed by atoms with Crippen molar-refractivity contribution >= 4 is 17.5 Å². The van der Waals surface area contributed by atoms with Gasteiger partial charge in [0, 0.05) is 35.5 Å². The molecular formula is C27H31FN4O2. The predicted molar refractivity (Wildman–Crippen MR) is 134 cm³/mol. The van der Waals surface area contributed by atoms with Crippen LogP contribution in [-0.4, -0.2) is 18.4 Å². The Morgan fingerprint density at radius 2 is 2.03 bits per heavy atom. The Hall–Kier alpha value is -3.71. The monoisotopic (exact) mass is 462 g/mol. The number of halogens is 1. The molecule has 178 valence electrons. The second-order valence-electron chi connectivity index (χ2n) is 8.26. The van der Waals surface area contributed by atoms with Crippen molar-refractivity contribution in [3.63, 3.8) is 0 Å². The Morgan fingerprint density at radius 3 is 2.68 bits per heavy atom. The Labute approximate surface area is 199 Å². The molecular weight excluding hydrogens is 431 g/mol. The van der Waals surface area contributed by atoms with Crippen LogP contribution >= 0.6 is 0 Å². The molecule has 0 aliphatic heterocycles. The molecule has 2 amide bonds.